The number of nitrogens with one attached hydrogen (secondary N) is 2. The Hall–Kier alpha value is -1.58. The van der Waals surface area contributed by atoms with E-state index in [1.807, 2.05) is 13.1 Å². The Morgan fingerprint density at radius 3 is 3.00 bits per heavy atom. The van der Waals surface area contributed by atoms with Crippen molar-refractivity contribution in [2.24, 2.45) is 11.8 Å². The van der Waals surface area contributed by atoms with Gasteiger partial charge in [-0.05, 0) is 44.1 Å². The minimum absolute atomic E-state index is 0.621. The third-order valence-electron chi connectivity index (χ3n) is 4.59. The van der Waals surface area contributed by atoms with E-state index in [-0.39, 0.29) is 0 Å². The number of nitrogens with zero attached hydrogens (tertiary/aromatic N) is 2. The molecule has 18 heavy (non-hydrogen) atoms. The molecule has 0 unspecified atom stereocenters. The molecular formula is C14H18N4. The summed E-state index contributed by atoms with van der Waals surface area (Å²) in [6, 6.07) is 2.68. The monoisotopic (exact) mass is 242 g/mol. The van der Waals surface area contributed by atoms with Gasteiger partial charge in [-0.25, -0.2) is 9.97 Å². The lowest BCUT2D eigenvalue weighted by molar-refractivity contribution is 0.439. The second kappa shape index (κ2) is 3.70. The van der Waals surface area contributed by atoms with Crippen molar-refractivity contribution in [3.63, 3.8) is 0 Å². The van der Waals surface area contributed by atoms with Crippen molar-refractivity contribution in [3.05, 3.63) is 18.1 Å². The van der Waals surface area contributed by atoms with Crippen molar-refractivity contribution in [1.29, 1.82) is 0 Å². The van der Waals surface area contributed by atoms with Crippen LogP contribution >= 0.6 is 0 Å². The highest BCUT2D eigenvalue weighted by atomic mass is 15.1. The Kier molecular flexibility index (Phi) is 2.13. The molecule has 0 amide bonds. The average molecular weight is 242 g/mol. The molecule has 0 saturated heterocycles. The summed E-state index contributed by atoms with van der Waals surface area (Å²) in [4.78, 5) is 12.2. The van der Waals surface area contributed by atoms with Crippen molar-refractivity contribution in [2.75, 3.05) is 5.32 Å². The van der Waals surface area contributed by atoms with E-state index < -0.39 is 0 Å². The number of aromatic amines is 1. The van der Waals surface area contributed by atoms with Crippen LogP contribution in [0.1, 0.15) is 31.5 Å². The van der Waals surface area contributed by atoms with Crippen LogP contribution in [0.25, 0.3) is 11.0 Å². The van der Waals surface area contributed by atoms with Crippen molar-refractivity contribution in [2.45, 2.75) is 38.6 Å². The summed E-state index contributed by atoms with van der Waals surface area (Å²) in [7, 11) is 0. The van der Waals surface area contributed by atoms with Crippen molar-refractivity contribution in [3.8, 4) is 0 Å². The van der Waals surface area contributed by atoms with E-state index in [9.17, 15) is 0 Å². The quantitative estimate of drug-likeness (QED) is 0.851. The van der Waals surface area contributed by atoms with Crippen LogP contribution < -0.4 is 5.32 Å². The number of hydrogen-bond acceptors (Lipinski definition) is 3. The standard InChI is InChI=1S/C14H18N4/c1-8-16-13-11(4-5-15-13)14(17-8)18-12-7-9-2-3-10(12)6-9/h4-5,9-10,12H,2-3,6-7H2,1H3,(H2,15,16,17,18)/t9-,10-,12-/m0/s1. The largest absolute Gasteiger partial charge is 0.366 e. The first-order chi connectivity index (χ1) is 8.79. The van der Waals surface area contributed by atoms with E-state index in [4.69, 9.17) is 0 Å². The molecule has 0 spiro atoms. The minimum Gasteiger partial charge on any atom is -0.366 e. The number of anilines is 1. The van der Waals surface area contributed by atoms with Gasteiger partial charge in [-0.15, -0.1) is 0 Å². The summed E-state index contributed by atoms with van der Waals surface area (Å²) in [5.41, 5.74) is 0.938. The summed E-state index contributed by atoms with van der Waals surface area (Å²) in [5, 5.41) is 4.79. The second-order valence-electron chi connectivity index (χ2n) is 5.79. The third kappa shape index (κ3) is 1.51. The molecule has 2 aliphatic carbocycles. The molecule has 2 aliphatic rings. The normalized spacial score (nSPS) is 30.2. The fourth-order valence-electron chi connectivity index (χ4n) is 3.76. The van der Waals surface area contributed by atoms with Gasteiger partial charge in [-0.1, -0.05) is 6.42 Å². The zero-order valence-corrected chi connectivity index (χ0v) is 10.6. The summed E-state index contributed by atoms with van der Waals surface area (Å²) in [6.07, 6.45) is 7.50. The molecule has 94 valence electrons. The highest BCUT2D eigenvalue weighted by molar-refractivity contribution is 5.87. The molecule has 4 rings (SSSR count). The van der Waals surface area contributed by atoms with Crippen molar-refractivity contribution in [1.82, 2.24) is 15.0 Å². The molecule has 0 aromatic carbocycles. The molecule has 0 radical (unpaired) electrons. The Balaban J connectivity index is 1.68. The van der Waals surface area contributed by atoms with Crippen LogP contribution in [0.4, 0.5) is 5.82 Å². The van der Waals surface area contributed by atoms with Crippen molar-refractivity contribution >= 4 is 16.9 Å². The third-order valence-corrected chi connectivity index (χ3v) is 4.59. The summed E-state index contributed by atoms with van der Waals surface area (Å²) < 4.78 is 0. The van der Waals surface area contributed by atoms with Gasteiger partial charge in [0.2, 0.25) is 0 Å². The number of rotatable bonds is 2. The molecule has 2 saturated carbocycles. The van der Waals surface area contributed by atoms with Gasteiger partial charge in [0.15, 0.2) is 0 Å². The van der Waals surface area contributed by atoms with Gasteiger partial charge < -0.3 is 10.3 Å². The summed E-state index contributed by atoms with van der Waals surface area (Å²) in [6.45, 7) is 1.95. The molecule has 3 atom stereocenters. The fourth-order valence-corrected chi connectivity index (χ4v) is 3.76. The van der Waals surface area contributed by atoms with Gasteiger partial charge in [-0.2, -0.15) is 0 Å². The predicted molar refractivity (Wildman–Crippen MR) is 71.5 cm³/mol. The SMILES string of the molecule is Cc1nc(N[C@H]2C[C@H]3CC[C@H]2C3)c2cc[nH]c2n1. The first-order valence-electron chi connectivity index (χ1n) is 6.88. The fraction of sp³-hybridized carbons (Fsp3) is 0.571. The van der Waals surface area contributed by atoms with Crippen LogP contribution in [0.15, 0.2) is 12.3 Å². The van der Waals surface area contributed by atoms with Gasteiger partial charge >= 0.3 is 0 Å². The number of aromatic nitrogens is 3. The van der Waals surface area contributed by atoms with Crippen LogP contribution in [0, 0.1) is 18.8 Å². The number of H-pyrrole nitrogens is 1. The maximum atomic E-state index is 4.58. The van der Waals surface area contributed by atoms with Crippen LogP contribution in [-0.4, -0.2) is 21.0 Å². The Bertz CT molecular complexity index is 588. The molecule has 4 nitrogen and oxygen atoms in total. The minimum atomic E-state index is 0.621. The van der Waals surface area contributed by atoms with E-state index >= 15 is 0 Å². The number of hydrogen-bond donors (Lipinski definition) is 2. The zero-order valence-electron chi connectivity index (χ0n) is 10.6. The summed E-state index contributed by atoms with van der Waals surface area (Å²) in [5.74, 6) is 3.66. The lowest BCUT2D eigenvalue weighted by atomic mass is 9.95. The maximum Gasteiger partial charge on any atom is 0.143 e. The van der Waals surface area contributed by atoms with E-state index in [1.54, 1.807) is 0 Å². The molecule has 0 aliphatic heterocycles. The lowest BCUT2D eigenvalue weighted by Crippen LogP contribution is -2.26. The lowest BCUT2D eigenvalue weighted by Gasteiger charge is -2.23. The predicted octanol–water partition coefficient (Wildman–Crippen LogP) is 2.87. The smallest absolute Gasteiger partial charge is 0.143 e. The van der Waals surface area contributed by atoms with Gasteiger partial charge in [-0.3, -0.25) is 0 Å². The molecule has 4 heteroatoms. The Labute approximate surface area is 106 Å². The van der Waals surface area contributed by atoms with E-state index in [2.05, 4.69) is 26.3 Å². The molecule has 2 fully saturated rings. The zero-order chi connectivity index (χ0) is 12.1. The Morgan fingerprint density at radius 1 is 1.28 bits per heavy atom. The summed E-state index contributed by atoms with van der Waals surface area (Å²) >= 11 is 0. The van der Waals surface area contributed by atoms with E-state index in [0.29, 0.717) is 6.04 Å². The Morgan fingerprint density at radius 2 is 2.22 bits per heavy atom. The van der Waals surface area contributed by atoms with Gasteiger partial charge in [0, 0.05) is 12.2 Å². The highest BCUT2D eigenvalue weighted by Gasteiger charge is 2.39. The van der Waals surface area contributed by atoms with Gasteiger partial charge in [0.05, 0.1) is 5.39 Å². The molecule has 2 bridgehead atoms. The van der Waals surface area contributed by atoms with Crippen molar-refractivity contribution < 1.29 is 0 Å². The topological polar surface area (TPSA) is 53.6 Å². The molecule has 2 aromatic heterocycles. The average Bonchev–Trinajstić information content (AvgIpc) is 3.02. The molecular weight excluding hydrogens is 224 g/mol. The maximum absolute atomic E-state index is 4.58. The van der Waals surface area contributed by atoms with Crippen LogP contribution in [0.5, 0.6) is 0 Å². The van der Waals surface area contributed by atoms with Gasteiger partial charge in [0.1, 0.15) is 17.3 Å². The first kappa shape index (κ1) is 10.4. The molecule has 2 N–H and O–H groups in total. The molecule has 2 heterocycles. The van der Waals surface area contributed by atoms with Gasteiger partial charge in [0.25, 0.3) is 0 Å². The number of fused-ring (bicyclic) bond motifs is 3. The molecule has 2 aromatic rings. The first-order valence-corrected chi connectivity index (χ1v) is 6.88. The van der Waals surface area contributed by atoms with E-state index in [0.717, 1.165) is 34.5 Å². The highest BCUT2D eigenvalue weighted by Crippen LogP contribution is 2.45. The van der Waals surface area contributed by atoms with Crippen LogP contribution in [-0.2, 0) is 0 Å². The number of aryl methyl sites for hydroxylation is 1. The van der Waals surface area contributed by atoms with Crippen LogP contribution in [0.3, 0.4) is 0 Å². The van der Waals surface area contributed by atoms with E-state index in [1.165, 1.54) is 25.7 Å². The second-order valence-corrected chi connectivity index (χ2v) is 5.79. The van der Waals surface area contributed by atoms with Crippen LogP contribution in [0.2, 0.25) is 0 Å².